The zero-order chi connectivity index (χ0) is 20.5. The van der Waals surface area contributed by atoms with Crippen LogP contribution in [0.1, 0.15) is 5.76 Å². The van der Waals surface area contributed by atoms with Crippen molar-refractivity contribution >= 4 is 54.7 Å². The number of halogens is 1. The quantitative estimate of drug-likeness (QED) is 0.306. The van der Waals surface area contributed by atoms with Gasteiger partial charge in [-0.05, 0) is 42.5 Å². The Morgan fingerprint density at radius 2 is 2.07 bits per heavy atom. The Morgan fingerprint density at radius 3 is 2.90 bits per heavy atom. The lowest BCUT2D eigenvalue weighted by Gasteiger charge is -2.27. The first-order valence-corrected chi connectivity index (χ1v) is 10.6. The molecule has 1 atom stereocenters. The van der Waals surface area contributed by atoms with E-state index in [1.807, 2.05) is 30.3 Å². The van der Waals surface area contributed by atoms with Crippen molar-refractivity contribution in [1.82, 2.24) is 4.98 Å². The van der Waals surface area contributed by atoms with Crippen LogP contribution in [-0.4, -0.2) is 29.8 Å². The predicted octanol–water partition coefficient (Wildman–Crippen LogP) is 4.86. The van der Waals surface area contributed by atoms with E-state index in [-0.39, 0.29) is 12.5 Å². The average molecular weight is 484 g/mol. The molecule has 3 heterocycles. The minimum Gasteiger partial charge on any atom is -0.485 e. The summed E-state index contributed by atoms with van der Waals surface area (Å²) in [7, 11) is 0. The van der Waals surface area contributed by atoms with Gasteiger partial charge in [-0.1, -0.05) is 39.4 Å². The summed E-state index contributed by atoms with van der Waals surface area (Å²) in [4.78, 5) is 17.9. The second kappa shape index (κ2) is 7.92. The topological polar surface area (TPSA) is 77.2 Å². The summed E-state index contributed by atoms with van der Waals surface area (Å²) >= 11 is 4.82. The highest BCUT2D eigenvalue weighted by Gasteiger charge is 2.33. The lowest BCUT2D eigenvalue weighted by atomic mass is 10.2. The van der Waals surface area contributed by atoms with E-state index in [1.54, 1.807) is 24.3 Å². The summed E-state index contributed by atoms with van der Waals surface area (Å²) in [6, 6.07) is 16.5. The van der Waals surface area contributed by atoms with Crippen molar-refractivity contribution in [3.8, 4) is 11.5 Å². The van der Waals surface area contributed by atoms with Crippen molar-refractivity contribution in [3.63, 3.8) is 0 Å². The van der Waals surface area contributed by atoms with Crippen LogP contribution in [0.3, 0.4) is 0 Å². The number of thiazole rings is 1. The molecule has 0 N–H and O–H groups in total. The van der Waals surface area contributed by atoms with Crippen molar-refractivity contribution in [2.45, 2.75) is 6.10 Å². The normalized spacial score (nSPS) is 15.6. The monoisotopic (exact) mass is 483 g/mol. The average Bonchev–Trinajstić information content (AvgIpc) is 3.43. The molecular formula is C21H14BrN3O4S. The van der Waals surface area contributed by atoms with E-state index in [2.05, 4.69) is 26.0 Å². The largest absolute Gasteiger partial charge is 0.485 e. The van der Waals surface area contributed by atoms with Crippen LogP contribution in [0.5, 0.6) is 11.5 Å². The molecule has 9 heteroatoms. The van der Waals surface area contributed by atoms with E-state index in [0.29, 0.717) is 22.4 Å². The zero-order valence-electron chi connectivity index (χ0n) is 15.4. The second-order valence-corrected chi connectivity index (χ2v) is 8.31. The number of hydrogen-bond acceptors (Lipinski definition) is 7. The summed E-state index contributed by atoms with van der Waals surface area (Å²) in [5.74, 6) is 1.26. The smallest absolute Gasteiger partial charge is 0.294 e. The van der Waals surface area contributed by atoms with Gasteiger partial charge in [-0.15, -0.1) is 0 Å². The van der Waals surface area contributed by atoms with Gasteiger partial charge in [0.05, 0.1) is 22.7 Å². The Hall–Kier alpha value is -3.17. The molecule has 4 aromatic rings. The number of nitrogens with zero attached hydrogens (tertiary/aromatic N) is 3. The molecule has 0 spiro atoms. The number of aromatic nitrogens is 1. The molecule has 5 rings (SSSR count). The molecule has 1 aliphatic rings. The lowest BCUT2D eigenvalue weighted by molar-refractivity contribution is -0.127. The number of carbonyl (C=O) groups is 1. The number of ether oxygens (including phenoxy) is 2. The standard InChI is InChI=1S/C21H14BrN3O4S/c22-13-7-8-15-19(10-13)30-21(24-15)25(23-11-14-4-3-9-27-14)20(26)18-12-28-16-5-1-2-6-17(16)29-18/h1-11,18H,12H2/b23-11+. The summed E-state index contributed by atoms with van der Waals surface area (Å²) in [5, 5.41) is 6.02. The number of amides is 1. The molecule has 1 unspecified atom stereocenters. The fraction of sp³-hybridized carbons (Fsp3) is 0.0952. The summed E-state index contributed by atoms with van der Waals surface area (Å²) in [5.41, 5.74) is 0.773. The number of furan rings is 1. The Labute approximate surface area is 183 Å². The van der Waals surface area contributed by atoms with E-state index >= 15 is 0 Å². The van der Waals surface area contributed by atoms with Gasteiger partial charge in [0.1, 0.15) is 12.4 Å². The lowest BCUT2D eigenvalue weighted by Crippen LogP contribution is -2.44. The molecule has 1 aliphatic heterocycles. The third kappa shape index (κ3) is 3.69. The van der Waals surface area contributed by atoms with Gasteiger partial charge in [0.15, 0.2) is 11.5 Å². The highest BCUT2D eigenvalue weighted by Crippen LogP contribution is 2.34. The zero-order valence-corrected chi connectivity index (χ0v) is 17.8. The SMILES string of the molecule is O=C(C1COc2ccccc2O1)N(/N=C/c1ccco1)c1nc2ccc(Br)cc2s1. The molecule has 30 heavy (non-hydrogen) atoms. The van der Waals surface area contributed by atoms with E-state index < -0.39 is 6.10 Å². The van der Waals surface area contributed by atoms with E-state index in [4.69, 9.17) is 13.9 Å². The fourth-order valence-corrected chi connectivity index (χ4v) is 4.42. The van der Waals surface area contributed by atoms with Crippen molar-refractivity contribution in [3.05, 3.63) is 71.1 Å². The minimum atomic E-state index is -0.854. The molecule has 0 bridgehead atoms. The number of anilines is 1. The third-order valence-electron chi connectivity index (χ3n) is 4.36. The van der Waals surface area contributed by atoms with E-state index in [1.165, 1.54) is 28.8 Å². The number of benzene rings is 2. The first-order chi connectivity index (χ1) is 14.7. The molecule has 2 aromatic carbocycles. The number of hydrogen-bond donors (Lipinski definition) is 0. The van der Waals surface area contributed by atoms with Crippen molar-refractivity contribution in [2.24, 2.45) is 5.10 Å². The predicted molar refractivity (Wildman–Crippen MR) is 117 cm³/mol. The van der Waals surface area contributed by atoms with E-state index in [0.717, 1.165) is 14.7 Å². The molecule has 0 fully saturated rings. The Bertz CT molecular complexity index is 1240. The summed E-state index contributed by atoms with van der Waals surface area (Å²) < 4.78 is 18.7. The van der Waals surface area contributed by atoms with Gasteiger partial charge in [0.2, 0.25) is 11.2 Å². The van der Waals surface area contributed by atoms with Crippen LogP contribution < -0.4 is 14.5 Å². The fourth-order valence-electron chi connectivity index (χ4n) is 2.93. The molecule has 1 amide bonds. The molecular weight excluding hydrogens is 470 g/mol. The number of para-hydroxylation sites is 2. The Kier molecular flexibility index (Phi) is 4.97. The van der Waals surface area contributed by atoms with Crippen molar-refractivity contribution < 1.29 is 18.7 Å². The maximum atomic E-state index is 13.3. The van der Waals surface area contributed by atoms with Crippen LogP contribution in [0.25, 0.3) is 10.2 Å². The van der Waals surface area contributed by atoms with Crippen LogP contribution in [0.2, 0.25) is 0 Å². The van der Waals surface area contributed by atoms with Gasteiger partial charge < -0.3 is 13.9 Å². The van der Waals surface area contributed by atoms with Crippen LogP contribution in [0.15, 0.2) is 74.9 Å². The number of carbonyl (C=O) groups excluding carboxylic acids is 1. The number of fused-ring (bicyclic) bond motifs is 2. The van der Waals surface area contributed by atoms with Gasteiger partial charge in [0, 0.05) is 4.47 Å². The molecule has 0 saturated heterocycles. The van der Waals surface area contributed by atoms with Gasteiger partial charge in [-0.25, -0.2) is 4.98 Å². The first-order valence-electron chi connectivity index (χ1n) is 9.03. The van der Waals surface area contributed by atoms with Gasteiger partial charge >= 0.3 is 0 Å². The maximum Gasteiger partial charge on any atom is 0.294 e. The molecule has 2 aromatic heterocycles. The van der Waals surface area contributed by atoms with Crippen molar-refractivity contribution in [1.29, 1.82) is 0 Å². The van der Waals surface area contributed by atoms with Gasteiger partial charge in [0.25, 0.3) is 5.91 Å². The van der Waals surface area contributed by atoms with Crippen LogP contribution >= 0.6 is 27.3 Å². The Morgan fingerprint density at radius 1 is 1.20 bits per heavy atom. The number of rotatable bonds is 4. The summed E-state index contributed by atoms with van der Waals surface area (Å²) in [6.07, 6.45) is 2.15. The molecule has 0 radical (unpaired) electrons. The van der Waals surface area contributed by atoms with Crippen LogP contribution in [0.4, 0.5) is 5.13 Å². The maximum absolute atomic E-state index is 13.3. The highest BCUT2D eigenvalue weighted by atomic mass is 79.9. The van der Waals surface area contributed by atoms with E-state index in [9.17, 15) is 4.79 Å². The summed E-state index contributed by atoms with van der Waals surface area (Å²) in [6.45, 7) is 0.0824. The molecule has 7 nitrogen and oxygen atoms in total. The van der Waals surface area contributed by atoms with Crippen molar-refractivity contribution in [2.75, 3.05) is 11.6 Å². The first kappa shape index (κ1) is 18.8. The van der Waals surface area contributed by atoms with Gasteiger partial charge in [-0.2, -0.15) is 10.1 Å². The minimum absolute atomic E-state index is 0.0824. The number of hydrazone groups is 1. The third-order valence-corrected chi connectivity index (χ3v) is 5.84. The molecule has 150 valence electrons. The Balaban J connectivity index is 1.49. The molecule has 0 aliphatic carbocycles. The van der Waals surface area contributed by atoms with Gasteiger partial charge in [-0.3, -0.25) is 4.79 Å². The van der Waals surface area contributed by atoms with Crippen LogP contribution in [-0.2, 0) is 4.79 Å². The van der Waals surface area contributed by atoms with Crippen LogP contribution in [0, 0.1) is 0 Å². The second-order valence-electron chi connectivity index (χ2n) is 6.38. The highest BCUT2D eigenvalue weighted by molar-refractivity contribution is 9.10. The molecule has 0 saturated carbocycles.